The van der Waals surface area contributed by atoms with Crippen molar-refractivity contribution in [3.05, 3.63) is 30.0 Å². The van der Waals surface area contributed by atoms with Gasteiger partial charge in [-0.2, -0.15) is 0 Å². The van der Waals surface area contributed by atoms with Gasteiger partial charge in [-0.05, 0) is 32.3 Å². The van der Waals surface area contributed by atoms with Crippen molar-refractivity contribution in [2.75, 3.05) is 18.0 Å². The van der Waals surface area contributed by atoms with E-state index in [9.17, 15) is 8.42 Å². The van der Waals surface area contributed by atoms with Crippen molar-refractivity contribution < 1.29 is 8.42 Å². The molecule has 8 nitrogen and oxygen atoms in total. The molecule has 0 radical (unpaired) electrons. The van der Waals surface area contributed by atoms with Crippen LogP contribution in [0.1, 0.15) is 30.7 Å². The minimum atomic E-state index is -3.64. The van der Waals surface area contributed by atoms with Crippen LogP contribution in [-0.2, 0) is 23.6 Å². The number of rotatable bonds is 5. The highest BCUT2D eigenvalue weighted by Gasteiger charge is 2.18. The second-order valence-electron chi connectivity index (χ2n) is 6.05. The van der Waals surface area contributed by atoms with Crippen molar-refractivity contribution in [2.45, 2.75) is 37.8 Å². The number of imidazole rings is 1. The summed E-state index contributed by atoms with van der Waals surface area (Å²) in [5, 5.41) is 0.00651. The first kappa shape index (κ1) is 16.8. The van der Waals surface area contributed by atoms with Gasteiger partial charge in [0.05, 0.1) is 18.6 Å². The van der Waals surface area contributed by atoms with E-state index in [1.807, 2.05) is 6.92 Å². The summed E-state index contributed by atoms with van der Waals surface area (Å²) < 4.78 is 28.6. The summed E-state index contributed by atoms with van der Waals surface area (Å²) in [7, 11) is -1.92. The largest absolute Gasteiger partial charge is 0.341 e. The minimum Gasteiger partial charge on any atom is -0.341 e. The Morgan fingerprint density at radius 3 is 2.62 bits per heavy atom. The second kappa shape index (κ2) is 6.86. The molecule has 0 aromatic carbocycles. The Labute approximate surface area is 142 Å². The molecule has 24 heavy (non-hydrogen) atoms. The van der Waals surface area contributed by atoms with Gasteiger partial charge in [0.1, 0.15) is 0 Å². The predicted octanol–water partition coefficient (Wildman–Crippen LogP) is 0.987. The maximum absolute atomic E-state index is 12.2. The summed E-state index contributed by atoms with van der Waals surface area (Å²) in [6, 6.07) is 1.80. The molecule has 0 bridgehead atoms. The van der Waals surface area contributed by atoms with Crippen LogP contribution >= 0.6 is 0 Å². The highest BCUT2D eigenvalue weighted by atomic mass is 32.2. The molecule has 1 aliphatic rings. The van der Waals surface area contributed by atoms with E-state index in [2.05, 4.69) is 24.6 Å². The highest BCUT2D eigenvalue weighted by Crippen LogP contribution is 2.17. The first-order chi connectivity index (χ1) is 11.4. The summed E-state index contributed by atoms with van der Waals surface area (Å²) in [6.07, 6.45) is 6.43. The van der Waals surface area contributed by atoms with Gasteiger partial charge in [0.15, 0.2) is 5.03 Å². The average Bonchev–Trinajstić information content (AvgIpc) is 3.01. The maximum atomic E-state index is 12.2. The van der Waals surface area contributed by atoms with E-state index in [4.69, 9.17) is 0 Å². The number of hydrogen-bond donors (Lipinski definition) is 1. The van der Waals surface area contributed by atoms with Crippen molar-refractivity contribution in [2.24, 2.45) is 7.05 Å². The smallest absolute Gasteiger partial charge is 0.259 e. The topological polar surface area (TPSA) is 93.0 Å². The van der Waals surface area contributed by atoms with Gasteiger partial charge in [0.2, 0.25) is 5.95 Å². The molecule has 9 heteroatoms. The zero-order chi connectivity index (χ0) is 17.2. The molecule has 3 rings (SSSR count). The Hall–Kier alpha value is -2.00. The van der Waals surface area contributed by atoms with Crippen LogP contribution in [0.25, 0.3) is 0 Å². The van der Waals surface area contributed by atoms with Crippen LogP contribution in [0.5, 0.6) is 0 Å². The van der Waals surface area contributed by atoms with E-state index < -0.39 is 10.0 Å². The van der Waals surface area contributed by atoms with E-state index in [0.717, 1.165) is 31.6 Å². The van der Waals surface area contributed by atoms with Gasteiger partial charge in [0.25, 0.3) is 10.0 Å². The molecular formula is C15H22N6O2S. The highest BCUT2D eigenvalue weighted by molar-refractivity contribution is 7.89. The SMILES string of the molecule is Cc1cc(CNS(=O)(=O)c2cn(C)cn2)nc(N2CCCCC2)n1. The Morgan fingerprint density at radius 1 is 1.21 bits per heavy atom. The number of piperidine rings is 1. The number of hydrogen-bond acceptors (Lipinski definition) is 6. The molecule has 2 aromatic rings. The van der Waals surface area contributed by atoms with Crippen molar-refractivity contribution in [3.63, 3.8) is 0 Å². The third-order valence-electron chi connectivity index (χ3n) is 3.93. The van der Waals surface area contributed by atoms with Crippen molar-refractivity contribution in [3.8, 4) is 0 Å². The maximum Gasteiger partial charge on any atom is 0.259 e. The lowest BCUT2D eigenvalue weighted by molar-refractivity contribution is 0.565. The molecule has 2 aromatic heterocycles. The van der Waals surface area contributed by atoms with Gasteiger partial charge in [-0.1, -0.05) is 0 Å². The summed E-state index contributed by atoms with van der Waals surface area (Å²) >= 11 is 0. The lowest BCUT2D eigenvalue weighted by Crippen LogP contribution is -2.32. The number of anilines is 1. The molecule has 0 amide bonds. The van der Waals surface area contributed by atoms with E-state index in [-0.39, 0.29) is 11.6 Å². The van der Waals surface area contributed by atoms with Gasteiger partial charge in [-0.3, -0.25) is 0 Å². The summed E-state index contributed by atoms with van der Waals surface area (Å²) in [4.78, 5) is 15.0. The monoisotopic (exact) mass is 350 g/mol. The Bertz CT molecular complexity index is 811. The number of nitrogens with zero attached hydrogens (tertiary/aromatic N) is 5. The molecule has 1 saturated heterocycles. The zero-order valence-electron chi connectivity index (χ0n) is 13.9. The van der Waals surface area contributed by atoms with Gasteiger partial charge >= 0.3 is 0 Å². The van der Waals surface area contributed by atoms with Gasteiger partial charge in [0, 0.05) is 32.0 Å². The Morgan fingerprint density at radius 2 is 1.96 bits per heavy atom. The van der Waals surface area contributed by atoms with Crippen molar-refractivity contribution in [1.29, 1.82) is 0 Å². The van der Waals surface area contributed by atoms with Crippen molar-refractivity contribution in [1.82, 2.24) is 24.2 Å². The summed E-state index contributed by atoms with van der Waals surface area (Å²) in [5.74, 6) is 0.682. The molecule has 1 N–H and O–H groups in total. The fraction of sp³-hybridized carbons (Fsp3) is 0.533. The number of nitrogens with one attached hydrogen (secondary N) is 1. The fourth-order valence-corrected chi connectivity index (χ4v) is 3.69. The number of sulfonamides is 1. The van der Waals surface area contributed by atoms with E-state index in [0.29, 0.717) is 11.6 Å². The molecule has 1 aliphatic heterocycles. The molecule has 1 fully saturated rings. The molecule has 0 saturated carbocycles. The van der Waals surface area contributed by atoms with Crippen LogP contribution in [0, 0.1) is 6.92 Å². The van der Waals surface area contributed by atoms with Crippen LogP contribution < -0.4 is 9.62 Å². The van der Waals surface area contributed by atoms with E-state index in [1.165, 1.54) is 18.9 Å². The quantitative estimate of drug-likeness (QED) is 0.864. The first-order valence-corrected chi connectivity index (χ1v) is 9.49. The molecule has 0 spiro atoms. The molecule has 130 valence electrons. The van der Waals surface area contributed by atoms with Gasteiger partial charge in [-0.25, -0.2) is 28.1 Å². The minimum absolute atomic E-state index is 0.00651. The Kier molecular flexibility index (Phi) is 4.81. The zero-order valence-corrected chi connectivity index (χ0v) is 14.8. The van der Waals surface area contributed by atoms with Gasteiger partial charge in [-0.15, -0.1) is 0 Å². The normalized spacial score (nSPS) is 15.7. The molecule has 3 heterocycles. The van der Waals surface area contributed by atoms with Gasteiger partial charge < -0.3 is 9.47 Å². The fourth-order valence-electron chi connectivity index (χ4n) is 2.71. The number of aromatic nitrogens is 4. The number of aryl methyl sites for hydroxylation is 2. The summed E-state index contributed by atoms with van der Waals surface area (Å²) in [5.41, 5.74) is 1.49. The average molecular weight is 350 g/mol. The van der Waals surface area contributed by atoms with Crippen LogP contribution in [-0.4, -0.2) is 41.0 Å². The molecule has 0 atom stereocenters. The second-order valence-corrected chi connectivity index (χ2v) is 7.76. The first-order valence-electron chi connectivity index (χ1n) is 8.01. The molecule has 0 unspecified atom stereocenters. The van der Waals surface area contributed by atoms with Crippen LogP contribution in [0.2, 0.25) is 0 Å². The van der Waals surface area contributed by atoms with E-state index >= 15 is 0 Å². The van der Waals surface area contributed by atoms with Crippen LogP contribution in [0.15, 0.2) is 23.6 Å². The van der Waals surface area contributed by atoms with Crippen LogP contribution in [0.3, 0.4) is 0 Å². The lowest BCUT2D eigenvalue weighted by Gasteiger charge is -2.27. The Balaban J connectivity index is 1.74. The molecule has 0 aliphatic carbocycles. The lowest BCUT2D eigenvalue weighted by atomic mass is 10.1. The standard InChI is InChI=1S/C15H22N6O2S/c1-12-8-13(19-15(18-12)21-6-4-3-5-7-21)9-17-24(22,23)14-10-20(2)11-16-14/h8,10-11,17H,3-7,9H2,1-2H3. The molecular weight excluding hydrogens is 328 g/mol. The third kappa shape index (κ3) is 3.90. The predicted molar refractivity (Wildman–Crippen MR) is 90.1 cm³/mol. The third-order valence-corrected chi connectivity index (χ3v) is 5.22. The van der Waals surface area contributed by atoms with E-state index in [1.54, 1.807) is 17.7 Å². The summed E-state index contributed by atoms with van der Waals surface area (Å²) in [6.45, 7) is 3.90. The van der Waals surface area contributed by atoms with Crippen molar-refractivity contribution >= 4 is 16.0 Å². The van der Waals surface area contributed by atoms with Crippen LogP contribution in [0.4, 0.5) is 5.95 Å².